The summed E-state index contributed by atoms with van der Waals surface area (Å²) in [6.07, 6.45) is -1.28. The fourth-order valence-electron chi connectivity index (χ4n) is 4.77. The molecule has 1 aromatic heterocycles. The van der Waals surface area contributed by atoms with Gasteiger partial charge >= 0.3 is 6.36 Å². The molecule has 1 aromatic carbocycles. The SMILES string of the molecule is CCn1nc(C(=O)N2CCCN(C)CC2)c2c1CC[C@@H](NCc1ccc(OC(F)(F)F)cc1)C2. The molecule has 1 aliphatic carbocycles. The molecule has 1 N–H and O–H groups in total. The number of amides is 1. The Morgan fingerprint density at radius 3 is 2.65 bits per heavy atom. The van der Waals surface area contributed by atoms with E-state index in [2.05, 4.69) is 22.0 Å². The van der Waals surface area contributed by atoms with Crippen LogP contribution in [0, 0.1) is 0 Å². The Labute approximate surface area is 197 Å². The largest absolute Gasteiger partial charge is 0.573 e. The molecule has 0 unspecified atom stereocenters. The highest BCUT2D eigenvalue weighted by atomic mass is 19.4. The summed E-state index contributed by atoms with van der Waals surface area (Å²) >= 11 is 0. The zero-order chi connectivity index (χ0) is 24.3. The number of rotatable bonds is 6. The first-order valence-electron chi connectivity index (χ1n) is 11.9. The summed E-state index contributed by atoms with van der Waals surface area (Å²) in [6.45, 7) is 6.59. The van der Waals surface area contributed by atoms with Crippen LogP contribution in [0.25, 0.3) is 0 Å². The fourth-order valence-corrected chi connectivity index (χ4v) is 4.77. The standard InChI is InChI=1S/C24H32F3N5O2/c1-3-32-21-10-7-18(28-16-17-5-8-19(9-6-17)34-24(25,26)27)15-20(21)22(29-32)23(33)31-12-4-11-30(2)13-14-31/h5-6,8-9,18,28H,3-4,7,10-16H2,1-2H3/t18-/m1/s1. The van der Waals surface area contributed by atoms with Gasteiger partial charge in [-0.05, 0) is 63.9 Å². The third-order valence-electron chi connectivity index (χ3n) is 6.61. The van der Waals surface area contributed by atoms with E-state index in [1.165, 1.54) is 12.1 Å². The van der Waals surface area contributed by atoms with Crippen molar-refractivity contribution < 1.29 is 22.7 Å². The van der Waals surface area contributed by atoms with Gasteiger partial charge < -0.3 is 19.9 Å². The average Bonchev–Trinajstić information content (AvgIpc) is 3.02. The zero-order valence-electron chi connectivity index (χ0n) is 19.7. The summed E-state index contributed by atoms with van der Waals surface area (Å²) in [7, 11) is 2.08. The van der Waals surface area contributed by atoms with Crippen LogP contribution in [0.5, 0.6) is 5.75 Å². The molecule has 0 saturated carbocycles. The normalized spacial score (nSPS) is 19.6. The van der Waals surface area contributed by atoms with E-state index in [4.69, 9.17) is 5.10 Å². The molecular formula is C24H32F3N5O2. The highest BCUT2D eigenvalue weighted by Crippen LogP contribution is 2.27. The van der Waals surface area contributed by atoms with Gasteiger partial charge in [0.2, 0.25) is 0 Å². The molecule has 0 spiro atoms. The van der Waals surface area contributed by atoms with E-state index in [0.717, 1.165) is 62.3 Å². The Kier molecular flexibility index (Phi) is 7.47. The highest BCUT2D eigenvalue weighted by molar-refractivity contribution is 5.94. The smallest absolute Gasteiger partial charge is 0.406 e. The Bertz CT molecular complexity index is 990. The van der Waals surface area contributed by atoms with Gasteiger partial charge in [-0.3, -0.25) is 9.48 Å². The van der Waals surface area contributed by atoms with Crippen molar-refractivity contribution in [2.75, 3.05) is 33.2 Å². The van der Waals surface area contributed by atoms with Crippen molar-refractivity contribution in [3.05, 3.63) is 46.8 Å². The van der Waals surface area contributed by atoms with Gasteiger partial charge in [0, 0.05) is 50.0 Å². The number of carbonyl (C=O) groups excluding carboxylic acids is 1. The maximum Gasteiger partial charge on any atom is 0.573 e. The number of carbonyl (C=O) groups is 1. The van der Waals surface area contributed by atoms with E-state index in [1.54, 1.807) is 12.1 Å². The maximum atomic E-state index is 13.4. The Morgan fingerprint density at radius 1 is 1.18 bits per heavy atom. The minimum absolute atomic E-state index is 0.0136. The third kappa shape index (κ3) is 5.90. The van der Waals surface area contributed by atoms with E-state index in [0.29, 0.717) is 25.2 Å². The zero-order valence-corrected chi connectivity index (χ0v) is 19.7. The van der Waals surface area contributed by atoms with Gasteiger partial charge in [-0.25, -0.2) is 0 Å². The number of alkyl halides is 3. The molecule has 4 rings (SSSR count). The van der Waals surface area contributed by atoms with Crippen molar-refractivity contribution in [2.45, 2.75) is 58.1 Å². The molecule has 1 amide bonds. The molecule has 2 aliphatic rings. The van der Waals surface area contributed by atoms with Gasteiger partial charge in [-0.2, -0.15) is 5.10 Å². The summed E-state index contributed by atoms with van der Waals surface area (Å²) in [5.41, 5.74) is 3.61. The van der Waals surface area contributed by atoms with Crippen LogP contribution in [0.1, 0.15) is 47.1 Å². The van der Waals surface area contributed by atoms with Gasteiger partial charge in [0.05, 0.1) is 0 Å². The van der Waals surface area contributed by atoms with Gasteiger partial charge in [-0.15, -0.1) is 13.2 Å². The summed E-state index contributed by atoms with van der Waals surface area (Å²) < 4.78 is 43.0. The number of ether oxygens (including phenoxy) is 1. The molecule has 186 valence electrons. The maximum absolute atomic E-state index is 13.4. The number of nitrogens with zero attached hydrogens (tertiary/aromatic N) is 4. The number of halogens is 3. The van der Waals surface area contributed by atoms with E-state index in [-0.39, 0.29) is 17.7 Å². The van der Waals surface area contributed by atoms with Crippen LogP contribution < -0.4 is 10.1 Å². The molecule has 1 fully saturated rings. The predicted octanol–water partition coefficient (Wildman–Crippen LogP) is 3.23. The number of aromatic nitrogens is 2. The topological polar surface area (TPSA) is 62.6 Å². The summed E-state index contributed by atoms with van der Waals surface area (Å²) in [5.74, 6) is -0.215. The third-order valence-corrected chi connectivity index (χ3v) is 6.61. The average molecular weight is 480 g/mol. The molecule has 1 saturated heterocycles. The van der Waals surface area contributed by atoms with Gasteiger partial charge in [0.1, 0.15) is 5.75 Å². The molecule has 1 atom stereocenters. The summed E-state index contributed by atoms with van der Waals surface area (Å²) in [6, 6.07) is 6.06. The van der Waals surface area contributed by atoms with Crippen LogP contribution in [0.2, 0.25) is 0 Å². The number of fused-ring (bicyclic) bond motifs is 1. The number of likely N-dealkylation sites (N-methyl/N-ethyl adjacent to an activating group) is 1. The molecule has 2 aromatic rings. The van der Waals surface area contributed by atoms with Crippen molar-refractivity contribution in [2.24, 2.45) is 0 Å². The first kappa shape index (κ1) is 24.5. The van der Waals surface area contributed by atoms with Crippen molar-refractivity contribution in [3.8, 4) is 5.75 Å². The second-order valence-corrected chi connectivity index (χ2v) is 9.05. The quantitative estimate of drug-likeness (QED) is 0.690. The van der Waals surface area contributed by atoms with Crippen LogP contribution in [-0.4, -0.2) is 71.1 Å². The second kappa shape index (κ2) is 10.4. The van der Waals surface area contributed by atoms with Crippen LogP contribution in [0.15, 0.2) is 24.3 Å². The van der Waals surface area contributed by atoms with Crippen molar-refractivity contribution in [3.63, 3.8) is 0 Å². The van der Waals surface area contributed by atoms with Crippen molar-refractivity contribution in [1.29, 1.82) is 0 Å². The fraction of sp³-hybridized carbons (Fsp3) is 0.583. The van der Waals surface area contributed by atoms with E-state index in [1.807, 2.05) is 16.5 Å². The lowest BCUT2D eigenvalue weighted by Crippen LogP contribution is -2.37. The molecule has 7 nitrogen and oxygen atoms in total. The number of nitrogens with one attached hydrogen (secondary N) is 1. The first-order chi connectivity index (χ1) is 16.2. The summed E-state index contributed by atoms with van der Waals surface area (Å²) in [4.78, 5) is 17.6. The van der Waals surface area contributed by atoms with Crippen molar-refractivity contribution >= 4 is 5.91 Å². The van der Waals surface area contributed by atoms with Gasteiger partial charge in [0.15, 0.2) is 5.69 Å². The van der Waals surface area contributed by atoms with Gasteiger partial charge in [-0.1, -0.05) is 12.1 Å². The summed E-state index contributed by atoms with van der Waals surface area (Å²) in [5, 5.41) is 8.21. The number of hydrogen-bond donors (Lipinski definition) is 1. The van der Waals surface area contributed by atoms with Crippen LogP contribution >= 0.6 is 0 Å². The lowest BCUT2D eigenvalue weighted by Gasteiger charge is -2.25. The lowest BCUT2D eigenvalue weighted by atomic mass is 9.91. The highest BCUT2D eigenvalue weighted by Gasteiger charge is 2.32. The molecule has 34 heavy (non-hydrogen) atoms. The van der Waals surface area contributed by atoms with Crippen molar-refractivity contribution in [1.82, 2.24) is 24.9 Å². The molecule has 0 bridgehead atoms. The molecule has 0 radical (unpaired) electrons. The van der Waals surface area contributed by atoms with Crippen LogP contribution in [-0.2, 0) is 25.9 Å². The van der Waals surface area contributed by atoms with Gasteiger partial charge in [0.25, 0.3) is 5.91 Å². The number of aryl methyl sites for hydroxylation is 1. The predicted molar refractivity (Wildman–Crippen MR) is 122 cm³/mol. The van der Waals surface area contributed by atoms with E-state index < -0.39 is 6.36 Å². The monoisotopic (exact) mass is 479 g/mol. The minimum Gasteiger partial charge on any atom is -0.406 e. The van der Waals surface area contributed by atoms with Crippen LogP contribution in [0.3, 0.4) is 0 Å². The number of hydrogen-bond acceptors (Lipinski definition) is 5. The minimum atomic E-state index is -4.69. The molecule has 10 heteroatoms. The molecular weight excluding hydrogens is 447 g/mol. The van der Waals surface area contributed by atoms with E-state index in [9.17, 15) is 18.0 Å². The lowest BCUT2D eigenvalue weighted by molar-refractivity contribution is -0.274. The molecule has 2 heterocycles. The van der Waals surface area contributed by atoms with E-state index >= 15 is 0 Å². The number of benzene rings is 1. The Balaban J connectivity index is 1.42. The molecule has 1 aliphatic heterocycles. The Morgan fingerprint density at radius 2 is 1.94 bits per heavy atom. The first-order valence-corrected chi connectivity index (χ1v) is 11.9. The Hall–Kier alpha value is -2.59. The second-order valence-electron chi connectivity index (χ2n) is 9.05. The van der Waals surface area contributed by atoms with Crippen LogP contribution in [0.4, 0.5) is 13.2 Å².